The molecule has 4 nitrogen and oxygen atoms in total. The van der Waals surface area contributed by atoms with Crippen LogP contribution in [-0.2, 0) is 9.59 Å². The van der Waals surface area contributed by atoms with Crippen LogP contribution < -0.4 is 4.74 Å². The van der Waals surface area contributed by atoms with E-state index in [0.717, 1.165) is 0 Å². The molecule has 1 aromatic carbocycles. The first-order valence-corrected chi connectivity index (χ1v) is 5.82. The number of aliphatic hydroxyl groups is 1. The molecule has 0 saturated carbocycles. The summed E-state index contributed by atoms with van der Waals surface area (Å²) in [5.74, 6) is -0.605. The van der Waals surface area contributed by atoms with Gasteiger partial charge in [0.1, 0.15) is 5.75 Å². The lowest BCUT2D eigenvalue weighted by atomic mass is 9.99. The van der Waals surface area contributed by atoms with E-state index in [1.165, 1.54) is 6.92 Å². The van der Waals surface area contributed by atoms with E-state index < -0.39 is 11.5 Å². The summed E-state index contributed by atoms with van der Waals surface area (Å²) in [5, 5.41) is 9.77. The normalized spacial score (nSPS) is 15.2. The molecule has 1 aromatic rings. The first-order chi connectivity index (χ1) is 8.97. The summed E-state index contributed by atoms with van der Waals surface area (Å²) in [7, 11) is 1.56. The van der Waals surface area contributed by atoms with Crippen molar-refractivity contribution < 1.29 is 19.4 Å². The second kappa shape index (κ2) is 4.72. The van der Waals surface area contributed by atoms with Gasteiger partial charge in [-0.15, -0.1) is 0 Å². The zero-order valence-corrected chi connectivity index (χ0v) is 11.0. The summed E-state index contributed by atoms with van der Waals surface area (Å²) < 4.78 is 5.05. The number of hydrogen-bond acceptors (Lipinski definition) is 4. The highest BCUT2D eigenvalue weighted by Gasteiger charge is 2.32. The van der Waals surface area contributed by atoms with Gasteiger partial charge in [0.05, 0.1) is 12.7 Å². The number of allylic oxidation sites excluding steroid dienone is 3. The van der Waals surface area contributed by atoms with Crippen molar-refractivity contribution in [2.75, 3.05) is 7.11 Å². The van der Waals surface area contributed by atoms with Gasteiger partial charge in [0.2, 0.25) is 5.78 Å². The van der Waals surface area contributed by atoms with Crippen LogP contribution in [0.2, 0.25) is 0 Å². The van der Waals surface area contributed by atoms with Crippen LogP contribution in [0.1, 0.15) is 19.4 Å². The number of aliphatic hydroxyl groups excluding tert-OH is 1. The molecule has 0 fully saturated rings. The molecule has 1 aliphatic carbocycles. The van der Waals surface area contributed by atoms with E-state index in [1.54, 1.807) is 38.3 Å². The van der Waals surface area contributed by atoms with Crippen LogP contribution in [0.4, 0.5) is 0 Å². The van der Waals surface area contributed by atoms with Gasteiger partial charge in [0.15, 0.2) is 11.5 Å². The van der Waals surface area contributed by atoms with Gasteiger partial charge in [-0.1, -0.05) is 12.1 Å². The van der Waals surface area contributed by atoms with E-state index in [1.807, 2.05) is 0 Å². The van der Waals surface area contributed by atoms with Crippen LogP contribution in [0, 0.1) is 0 Å². The molecule has 4 heteroatoms. The fourth-order valence-corrected chi connectivity index (χ4v) is 2.24. The molecule has 0 spiro atoms. The van der Waals surface area contributed by atoms with E-state index in [9.17, 15) is 14.7 Å². The van der Waals surface area contributed by atoms with Gasteiger partial charge < -0.3 is 9.84 Å². The molecular formula is C15H14O4. The zero-order chi connectivity index (χ0) is 14.2. The highest BCUT2D eigenvalue weighted by atomic mass is 16.5. The van der Waals surface area contributed by atoms with Crippen LogP contribution in [0.5, 0.6) is 5.75 Å². The molecule has 0 aromatic heterocycles. The van der Waals surface area contributed by atoms with Gasteiger partial charge >= 0.3 is 0 Å². The highest BCUT2D eigenvalue weighted by molar-refractivity contribution is 6.35. The van der Waals surface area contributed by atoms with E-state index >= 15 is 0 Å². The number of ether oxygens (including phenoxy) is 1. The molecule has 98 valence electrons. The summed E-state index contributed by atoms with van der Waals surface area (Å²) in [6.45, 7) is 3.00. The molecular weight excluding hydrogens is 244 g/mol. The lowest BCUT2D eigenvalue weighted by molar-refractivity contribution is -0.115. The molecule has 0 radical (unpaired) electrons. The van der Waals surface area contributed by atoms with E-state index in [-0.39, 0.29) is 11.4 Å². The maximum Gasteiger partial charge on any atom is 0.228 e. The Balaban J connectivity index is 2.51. The third-order valence-corrected chi connectivity index (χ3v) is 3.16. The van der Waals surface area contributed by atoms with Gasteiger partial charge in [-0.2, -0.15) is 0 Å². The first kappa shape index (κ1) is 13.1. The number of ketones is 2. The monoisotopic (exact) mass is 258 g/mol. The maximum absolute atomic E-state index is 12.0. The molecule has 2 rings (SSSR count). The third kappa shape index (κ3) is 2.05. The van der Waals surface area contributed by atoms with Crippen LogP contribution in [0.25, 0.3) is 5.57 Å². The van der Waals surface area contributed by atoms with Crippen molar-refractivity contribution >= 4 is 17.1 Å². The number of carbonyl (C=O) groups excluding carboxylic acids is 2. The third-order valence-electron chi connectivity index (χ3n) is 3.16. The molecule has 19 heavy (non-hydrogen) atoms. The molecule has 1 aliphatic rings. The van der Waals surface area contributed by atoms with Crippen molar-refractivity contribution in [3.05, 3.63) is 46.7 Å². The van der Waals surface area contributed by atoms with Crippen molar-refractivity contribution in [1.29, 1.82) is 0 Å². The lowest BCUT2D eigenvalue weighted by Gasteiger charge is -2.05. The van der Waals surface area contributed by atoms with E-state index in [4.69, 9.17) is 4.74 Å². The fraction of sp³-hybridized carbons (Fsp3) is 0.200. The molecule has 0 atom stereocenters. The van der Waals surface area contributed by atoms with Gasteiger partial charge in [-0.05, 0) is 37.1 Å². The molecule has 0 heterocycles. The summed E-state index contributed by atoms with van der Waals surface area (Å²) in [5.41, 5.74) is 1.65. The summed E-state index contributed by atoms with van der Waals surface area (Å²) in [4.78, 5) is 23.5. The fourth-order valence-electron chi connectivity index (χ4n) is 2.24. The predicted molar refractivity (Wildman–Crippen MR) is 70.9 cm³/mol. The number of benzene rings is 1. The lowest BCUT2D eigenvalue weighted by Crippen LogP contribution is -2.03. The van der Waals surface area contributed by atoms with Gasteiger partial charge in [-0.3, -0.25) is 9.59 Å². The van der Waals surface area contributed by atoms with Crippen molar-refractivity contribution in [1.82, 2.24) is 0 Å². The van der Waals surface area contributed by atoms with Crippen LogP contribution in [0.3, 0.4) is 0 Å². The minimum atomic E-state index is -0.507. The van der Waals surface area contributed by atoms with Crippen molar-refractivity contribution in [3.63, 3.8) is 0 Å². The van der Waals surface area contributed by atoms with Crippen LogP contribution >= 0.6 is 0 Å². The topological polar surface area (TPSA) is 63.6 Å². The average molecular weight is 258 g/mol. The van der Waals surface area contributed by atoms with E-state index in [2.05, 4.69) is 0 Å². The predicted octanol–water partition coefficient (Wildman–Crippen LogP) is 2.45. The Morgan fingerprint density at radius 2 is 1.79 bits per heavy atom. The number of Topliss-reactive ketones (excluding diaryl/α,β-unsaturated/α-hetero) is 2. The summed E-state index contributed by atoms with van der Waals surface area (Å²) in [6, 6.07) is 6.91. The smallest absolute Gasteiger partial charge is 0.228 e. The standard InChI is InChI=1S/C15H14O4/c1-8-12(9(2)16)14(17)15(18)13(8)10-4-6-11(19-3)7-5-10/h4-7H,1-3H3,(H,17,18). The SMILES string of the molecule is COc1ccc(C2=C(C)C(C(C)=O)=C(O)C2=O)cc1. The minimum absolute atomic E-state index is 0.107. The number of rotatable bonds is 3. The zero-order valence-electron chi connectivity index (χ0n) is 11.0. The number of methoxy groups -OCH3 is 1. The molecule has 0 unspecified atom stereocenters. The largest absolute Gasteiger partial charge is 0.504 e. The summed E-state index contributed by atoms with van der Waals surface area (Å²) in [6.07, 6.45) is 0. The molecule has 0 aliphatic heterocycles. The molecule has 0 amide bonds. The van der Waals surface area contributed by atoms with Crippen molar-refractivity contribution in [2.45, 2.75) is 13.8 Å². The number of hydrogen-bond donors (Lipinski definition) is 1. The van der Waals surface area contributed by atoms with Crippen molar-refractivity contribution in [2.24, 2.45) is 0 Å². The van der Waals surface area contributed by atoms with Gasteiger partial charge in [0, 0.05) is 5.57 Å². The van der Waals surface area contributed by atoms with Crippen LogP contribution in [0.15, 0.2) is 41.2 Å². The van der Waals surface area contributed by atoms with Crippen molar-refractivity contribution in [3.8, 4) is 5.75 Å². The van der Waals surface area contributed by atoms with Gasteiger partial charge in [0.25, 0.3) is 0 Å². The Hall–Kier alpha value is -2.36. The van der Waals surface area contributed by atoms with Crippen LogP contribution in [-0.4, -0.2) is 23.8 Å². The minimum Gasteiger partial charge on any atom is -0.504 e. The Bertz CT molecular complexity index is 618. The van der Waals surface area contributed by atoms with Gasteiger partial charge in [-0.25, -0.2) is 0 Å². The number of carbonyl (C=O) groups is 2. The molecule has 1 N–H and O–H groups in total. The molecule has 0 bridgehead atoms. The Kier molecular flexibility index (Phi) is 3.25. The first-order valence-electron chi connectivity index (χ1n) is 5.82. The molecule has 0 saturated heterocycles. The Morgan fingerprint density at radius 3 is 2.21 bits per heavy atom. The second-order valence-electron chi connectivity index (χ2n) is 4.34. The summed E-state index contributed by atoms with van der Waals surface area (Å²) >= 11 is 0. The second-order valence-corrected chi connectivity index (χ2v) is 4.34. The average Bonchev–Trinajstić information content (AvgIpc) is 2.60. The Labute approximate surface area is 111 Å². The highest BCUT2D eigenvalue weighted by Crippen LogP contribution is 2.35. The quantitative estimate of drug-likeness (QED) is 0.904. The van der Waals surface area contributed by atoms with E-state index in [0.29, 0.717) is 22.5 Å². The Morgan fingerprint density at radius 1 is 1.21 bits per heavy atom. The maximum atomic E-state index is 12.0.